The van der Waals surface area contributed by atoms with Gasteiger partial charge in [-0.15, -0.1) is 0 Å². The number of piperazine rings is 1. The molecule has 4 nitrogen and oxygen atoms in total. The van der Waals surface area contributed by atoms with E-state index in [0.29, 0.717) is 11.1 Å². The van der Waals surface area contributed by atoms with Gasteiger partial charge in [0.25, 0.3) is 0 Å². The van der Waals surface area contributed by atoms with Crippen LogP contribution < -0.4 is 5.73 Å². The van der Waals surface area contributed by atoms with Crippen molar-refractivity contribution < 1.29 is 0 Å². The van der Waals surface area contributed by atoms with Gasteiger partial charge in [-0.25, -0.2) is 0 Å². The first-order valence-corrected chi connectivity index (χ1v) is 7.17. The van der Waals surface area contributed by atoms with Gasteiger partial charge in [0.05, 0.1) is 5.02 Å². The van der Waals surface area contributed by atoms with Crippen LogP contribution in [0.2, 0.25) is 5.02 Å². The maximum atomic E-state index is 6.29. The van der Waals surface area contributed by atoms with Crippen LogP contribution in [-0.2, 0) is 6.42 Å². The number of pyridine rings is 1. The van der Waals surface area contributed by atoms with E-state index in [0.717, 1.165) is 38.0 Å². The molecule has 0 radical (unpaired) electrons. The number of hydrogen-bond acceptors (Lipinski definition) is 4. The minimum Gasteiger partial charge on any atom is -0.327 e. The third-order valence-electron chi connectivity index (χ3n) is 3.89. The van der Waals surface area contributed by atoms with Crippen LogP contribution in [0.1, 0.15) is 12.0 Å². The summed E-state index contributed by atoms with van der Waals surface area (Å²) >= 11 is 6.13. The van der Waals surface area contributed by atoms with Gasteiger partial charge in [0.2, 0.25) is 0 Å². The average molecular weight is 283 g/mol. The van der Waals surface area contributed by atoms with Gasteiger partial charge in [-0.1, -0.05) is 11.6 Å². The SMILES string of the molecule is CN1CCN(C)C(CC(N)Cc2ccncc2Cl)C1. The predicted octanol–water partition coefficient (Wildman–Crippen LogP) is 1.24. The van der Waals surface area contributed by atoms with Crippen molar-refractivity contribution >= 4 is 11.6 Å². The molecule has 1 fully saturated rings. The molecular weight excluding hydrogens is 260 g/mol. The zero-order valence-corrected chi connectivity index (χ0v) is 12.5. The molecule has 1 aliphatic rings. The molecule has 19 heavy (non-hydrogen) atoms. The second-order valence-corrected chi connectivity index (χ2v) is 5.97. The first-order chi connectivity index (χ1) is 9.06. The van der Waals surface area contributed by atoms with Gasteiger partial charge in [-0.2, -0.15) is 0 Å². The quantitative estimate of drug-likeness (QED) is 0.903. The van der Waals surface area contributed by atoms with Crippen molar-refractivity contribution in [3.05, 3.63) is 29.0 Å². The molecule has 0 aromatic carbocycles. The maximum Gasteiger partial charge on any atom is 0.0621 e. The van der Waals surface area contributed by atoms with Crippen LogP contribution in [0.3, 0.4) is 0 Å². The Morgan fingerprint density at radius 3 is 3.00 bits per heavy atom. The molecule has 5 heteroatoms. The fourth-order valence-corrected chi connectivity index (χ4v) is 2.84. The van der Waals surface area contributed by atoms with Crippen LogP contribution in [-0.4, -0.2) is 60.6 Å². The molecule has 1 aromatic heterocycles. The molecule has 0 amide bonds. The standard InChI is InChI=1S/C14H23ClN4/c1-18-5-6-19(2)13(10-18)8-12(16)7-11-3-4-17-9-14(11)15/h3-4,9,12-13H,5-8,10,16H2,1-2H3. The highest BCUT2D eigenvalue weighted by Gasteiger charge is 2.24. The summed E-state index contributed by atoms with van der Waals surface area (Å²) in [5, 5.41) is 0.715. The van der Waals surface area contributed by atoms with E-state index >= 15 is 0 Å². The zero-order chi connectivity index (χ0) is 13.8. The topological polar surface area (TPSA) is 45.4 Å². The molecule has 2 unspecified atom stereocenters. The summed E-state index contributed by atoms with van der Waals surface area (Å²) in [4.78, 5) is 8.78. The van der Waals surface area contributed by atoms with E-state index < -0.39 is 0 Å². The fourth-order valence-electron chi connectivity index (χ4n) is 2.64. The normalized spacial score (nSPS) is 23.5. The summed E-state index contributed by atoms with van der Waals surface area (Å²) in [5.41, 5.74) is 7.38. The van der Waals surface area contributed by atoms with Crippen LogP contribution in [0.5, 0.6) is 0 Å². The average Bonchev–Trinajstić information content (AvgIpc) is 2.37. The minimum absolute atomic E-state index is 0.138. The van der Waals surface area contributed by atoms with Crippen molar-refractivity contribution in [1.29, 1.82) is 0 Å². The molecular formula is C14H23ClN4. The summed E-state index contributed by atoms with van der Waals surface area (Å²) in [7, 11) is 4.36. The molecule has 2 atom stereocenters. The number of rotatable bonds is 4. The summed E-state index contributed by atoms with van der Waals surface area (Å²) in [6.07, 6.45) is 5.27. The van der Waals surface area contributed by atoms with E-state index in [9.17, 15) is 0 Å². The maximum absolute atomic E-state index is 6.29. The number of nitrogens with two attached hydrogens (primary N) is 1. The highest BCUT2D eigenvalue weighted by atomic mass is 35.5. The Hall–Kier alpha value is -0.680. The summed E-state index contributed by atoms with van der Waals surface area (Å²) in [6, 6.07) is 2.63. The summed E-state index contributed by atoms with van der Waals surface area (Å²) < 4.78 is 0. The van der Waals surface area contributed by atoms with E-state index in [1.165, 1.54) is 0 Å². The number of aromatic nitrogens is 1. The monoisotopic (exact) mass is 282 g/mol. The third-order valence-corrected chi connectivity index (χ3v) is 4.23. The Kier molecular flexibility index (Phi) is 5.16. The van der Waals surface area contributed by atoms with Gasteiger partial charge in [0, 0.05) is 44.1 Å². The Balaban J connectivity index is 1.90. The fraction of sp³-hybridized carbons (Fsp3) is 0.643. The molecule has 2 N–H and O–H groups in total. The lowest BCUT2D eigenvalue weighted by molar-refractivity contribution is 0.104. The van der Waals surface area contributed by atoms with Crippen molar-refractivity contribution in [1.82, 2.24) is 14.8 Å². The highest BCUT2D eigenvalue weighted by Crippen LogP contribution is 2.18. The van der Waals surface area contributed by atoms with Gasteiger partial charge in [0.15, 0.2) is 0 Å². The molecule has 1 aliphatic heterocycles. The van der Waals surface area contributed by atoms with E-state index in [1.54, 1.807) is 12.4 Å². The summed E-state index contributed by atoms with van der Waals surface area (Å²) in [6.45, 7) is 3.34. The second kappa shape index (κ2) is 6.66. The van der Waals surface area contributed by atoms with Crippen molar-refractivity contribution in [3.8, 4) is 0 Å². The predicted molar refractivity (Wildman–Crippen MR) is 79.5 cm³/mol. The lowest BCUT2D eigenvalue weighted by Gasteiger charge is -2.38. The highest BCUT2D eigenvalue weighted by molar-refractivity contribution is 6.31. The molecule has 0 aliphatic carbocycles. The summed E-state index contributed by atoms with van der Waals surface area (Å²) in [5.74, 6) is 0. The molecule has 1 aromatic rings. The lowest BCUT2D eigenvalue weighted by atomic mass is 9.98. The first kappa shape index (κ1) is 14.7. The molecule has 2 heterocycles. The van der Waals surface area contributed by atoms with Crippen LogP contribution >= 0.6 is 11.6 Å². The van der Waals surface area contributed by atoms with E-state index in [2.05, 4.69) is 28.9 Å². The lowest BCUT2D eigenvalue weighted by Crippen LogP contribution is -2.51. The van der Waals surface area contributed by atoms with E-state index in [-0.39, 0.29) is 6.04 Å². The molecule has 0 bridgehead atoms. The van der Waals surface area contributed by atoms with Crippen molar-refractivity contribution in [2.75, 3.05) is 33.7 Å². The third kappa shape index (κ3) is 4.14. The Labute approximate surface area is 120 Å². The van der Waals surface area contributed by atoms with E-state index in [4.69, 9.17) is 17.3 Å². The van der Waals surface area contributed by atoms with Crippen LogP contribution in [0.25, 0.3) is 0 Å². The Bertz CT molecular complexity index is 412. The molecule has 2 rings (SSSR count). The van der Waals surface area contributed by atoms with Crippen molar-refractivity contribution in [2.24, 2.45) is 5.73 Å². The molecule has 0 saturated carbocycles. The largest absolute Gasteiger partial charge is 0.327 e. The smallest absolute Gasteiger partial charge is 0.0621 e. The minimum atomic E-state index is 0.138. The van der Waals surface area contributed by atoms with Crippen LogP contribution in [0.15, 0.2) is 18.5 Å². The number of nitrogens with zero attached hydrogens (tertiary/aromatic N) is 3. The first-order valence-electron chi connectivity index (χ1n) is 6.79. The van der Waals surface area contributed by atoms with Crippen LogP contribution in [0.4, 0.5) is 0 Å². The van der Waals surface area contributed by atoms with Gasteiger partial charge in [-0.05, 0) is 38.6 Å². The molecule has 106 valence electrons. The number of hydrogen-bond donors (Lipinski definition) is 1. The van der Waals surface area contributed by atoms with Crippen LogP contribution in [0, 0.1) is 0 Å². The zero-order valence-electron chi connectivity index (χ0n) is 11.7. The van der Waals surface area contributed by atoms with Gasteiger partial charge in [-0.3, -0.25) is 4.98 Å². The Morgan fingerprint density at radius 1 is 1.47 bits per heavy atom. The molecule has 1 saturated heterocycles. The van der Waals surface area contributed by atoms with Gasteiger partial charge >= 0.3 is 0 Å². The van der Waals surface area contributed by atoms with Crippen molar-refractivity contribution in [3.63, 3.8) is 0 Å². The second-order valence-electron chi connectivity index (χ2n) is 5.56. The van der Waals surface area contributed by atoms with Gasteiger partial charge < -0.3 is 15.5 Å². The molecule has 0 spiro atoms. The van der Waals surface area contributed by atoms with Crippen molar-refractivity contribution in [2.45, 2.75) is 24.9 Å². The number of halogens is 1. The Morgan fingerprint density at radius 2 is 2.26 bits per heavy atom. The number of likely N-dealkylation sites (N-methyl/N-ethyl adjacent to an activating group) is 2. The van der Waals surface area contributed by atoms with E-state index in [1.807, 2.05) is 6.07 Å². The van der Waals surface area contributed by atoms with Gasteiger partial charge in [0.1, 0.15) is 0 Å².